The summed E-state index contributed by atoms with van der Waals surface area (Å²) in [6, 6.07) is 0. The molecular weight excluding hydrogens is 164 g/mol. The molecule has 4 N–H and O–H groups in total. The molecule has 13 heavy (non-hydrogen) atoms. The Labute approximate surface area is 78.5 Å². The van der Waals surface area contributed by atoms with Gasteiger partial charge in [0, 0.05) is 6.54 Å². The Morgan fingerprint density at radius 1 is 1.54 bits per heavy atom. The van der Waals surface area contributed by atoms with Crippen LogP contribution in [0.25, 0.3) is 0 Å². The summed E-state index contributed by atoms with van der Waals surface area (Å²) in [5.74, 6) is -0.517. The van der Waals surface area contributed by atoms with E-state index in [1.807, 2.05) is 0 Å². The Morgan fingerprint density at radius 3 is 2.77 bits per heavy atom. The second kappa shape index (κ2) is 4.82. The van der Waals surface area contributed by atoms with Crippen molar-refractivity contribution in [2.24, 2.45) is 17.4 Å². The Bertz CT molecular complexity index is 243. The first kappa shape index (κ1) is 9.99. The maximum Gasteiger partial charge on any atom is 0.222 e. The molecular formula is C10H16N2O. The van der Waals surface area contributed by atoms with E-state index in [0.29, 0.717) is 13.0 Å². The first-order valence-electron chi connectivity index (χ1n) is 4.59. The van der Waals surface area contributed by atoms with Crippen molar-refractivity contribution in [2.45, 2.75) is 19.3 Å². The van der Waals surface area contributed by atoms with Crippen molar-refractivity contribution in [1.29, 1.82) is 0 Å². The van der Waals surface area contributed by atoms with E-state index in [9.17, 15) is 4.79 Å². The molecule has 1 unspecified atom stereocenters. The molecule has 0 radical (unpaired) electrons. The SMILES string of the molecule is NCC(CC1=CCCC=C1)C(N)=O. The Morgan fingerprint density at radius 2 is 2.31 bits per heavy atom. The molecule has 0 fully saturated rings. The van der Waals surface area contributed by atoms with Crippen LogP contribution >= 0.6 is 0 Å². The zero-order valence-electron chi connectivity index (χ0n) is 7.70. The molecule has 0 aromatic heterocycles. The first-order valence-corrected chi connectivity index (χ1v) is 4.59. The largest absolute Gasteiger partial charge is 0.369 e. The maximum atomic E-state index is 10.9. The van der Waals surface area contributed by atoms with Crippen LogP contribution in [0, 0.1) is 5.92 Å². The first-order chi connectivity index (χ1) is 6.24. The minimum absolute atomic E-state index is 0.214. The Kier molecular flexibility index (Phi) is 3.71. The highest BCUT2D eigenvalue weighted by Gasteiger charge is 2.14. The van der Waals surface area contributed by atoms with Crippen molar-refractivity contribution in [3.63, 3.8) is 0 Å². The fourth-order valence-electron chi connectivity index (χ4n) is 1.40. The van der Waals surface area contributed by atoms with Crippen LogP contribution in [0.2, 0.25) is 0 Å². The normalized spacial score (nSPS) is 18.1. The van der Waals surface area contributed by atoms with Gasteiger partial charge in [0.05, 0.1) is 5.92 Å². The summed E-state index contributed by atoms with van der Waals surface area (Å²) in [6.07, 6.45) is 9.14. The molecule has 0 aromatic carbocycles. The zero-order valence-corrected chi connectivity index (χ0v) is 7.70. The van der Waals surface area contributed by atoms with Gasteiger partial charge in [-0.25, -0.2) is 0 Å². The van der Waals surface area contributed by atoms with Crippen LogP contribution in [0.5, 0.6) is 0 Å². The van der Waals surface area contributed by atoms with Crippen molar-refractivity contribution in [1.82, 2.24) is 0 Å². The van der Waals surface area contributed by atoms with Crippen molar-refractivity contribution in [3.05, 3.63) is 23.8 Å². The van der Waals surface area contributed by atoms with Gasteiger partial charge >= 0.3 is 0 Å². The van der Waals surface area contributed by atoms with E-state index in [4.69, 9.17) is 11.5 Å². The van der Waals surface area contributed by atoms with Crippen LogP contribution in [0.4, 0.5) is 0 Å². The monoisotopic (exact) mass is 180 g/mol. The number of allylic oxidation sites excluding steroid dienone is 4. The molecule has 1 atom stereocenters. The summed E-state index contributed by atoms with van der Waals surface area (Å²) in [7, 11) is 0. The highest BCUT2D eigenvalue weighted by Crippen LogP contribution is 2.17. The number of nitrogens with two attached hydrogens (primary N) is 2. The Balaban J connectivity index is 2.50. The number of primary amides is 1. The van der Waals surface area contributed by atoms with Crippen molar-refractivity contribution < 1.29 is 4.79 Å². The average Bonchev–Trinajstić information content (AvgIpc) is 2.15. The molecule has 0 saturated carbocycles. The van der Waals surface area contributed by atoms with Crippen LogP contribution in [-0.2, 0) is 4.79 Å². The van der Waals surface area contributed by atoms with Crippen LogP contribution in [0.3, 0.4) is 0 Å². The van der Waals surface area contributed by atoms with E-state index in [1.54, 1.807) is 0 Å². The standard InChI is InChI=1S/C10H16N2O/c11-7-9(10(12)13)6-8-4-2-1-3-5-8/h2,4-5,9H,1,3,6-7,11H2,(H2,12,13). The lowest BCUT2D eigenvalue weighted by atomic mass is 9.95. The highest BCUT2D eigenvalue weighted by atomic mass is 16.1. The molecule has 3 nitrogen and oxygen atoms in total. The van der Waals surface area contributed by atoms with Crippen molar-refractivity contribution in [2.75, 3.05) is 6.54 Å². The van der Waals surface area contributed by atoms with E-state index in [0.717, 1.165) is 12.8 Å². The molecule has 0 aliphatic heterocycles. The minimum atomic E-state index is -0.303. The number of rotatable bonds is 4. The summed E-state index contributed by atoms with van der Waals surface area (Å²) < 4.78 is 0. The van der Waals surface area contributed by atoms with Crippen LogP contribution in [0.15, 0.2) is 23.8 Å². The maximum absolute atomic E-state index is 10.9. The fraction of sp³-hybridized carbons (Fsp3) is 0.500. The van der Waals surface area contributed by atoms with E-state index in [2.05, 4.69) is 18.2 Å². The minimum Gasteiger partial charge on any atom is -0.369 e. The van der Waals surface area contributed by atoms with Gasteiger partial charge < -0.3 is 11.5 Å². The second-order valence-electron chi connectivity index (χ2n) is 3.30. The summed E-state index contributed by atoms with van der Waals surface area (Å²) in [5, 5.41) is 0. The van der Waals surface area contributed by atoms with Gasteiger partial charge in [-0.1, -0.05) is 23.8 Å². The topological polar surface area (TPSA) is 69.1 Å². The molecule has 1 amide bonds. The third-order valence-corrected chi connectivity index (χ3v) is 2.24. The number of amides is 1. The molecule has 0 saturated heterocycles. The Hall–Kier alpha value is -1.09. The quantitative estimate of drug-likeness (QED) is 0.669. The molecule has 3 heteroatoms. The van der Waals surface area contributed by atoms with Gasteiger partial charge in [-0.2, -0.15) is 0 Å². The lowest BCUT2D eigenvalue weighted by Gasteiger charge is -2.12. The van der Waals surface area contributed by atoms with Gasteiger partial charge in [-0.05, 0) is 19.3 Å². The predicted octanol–water partition coefficient (Wildman–Crippen LogP) is 0.713. The second-order valence-corrected chi connectivity index (χ2v) is 3.30. The van der Waals surface area contributed by atoms with Crippen LogP contribution < -0.4 is 11.5 Å². The van der Waals surface area contributed by atoms with Gasteiger partial charge in [0.25, 0.3) is 0 Å². The number of hydrogen-bond acceptors (Lipinski definition) is 2. The third kappa shape index (κ3) is 3.03. The predicted molar refractivity (Wildman–Crippen MR) is 52.8 cm³/mol. The van der Waals surface area contributed by atoms with Gasteiger partial charge in [0.2, 0.25) is 5.91 Å². The molecule has 0 aromatic rings. The number of carbonyl (C=O) groups is 1. The summed E-state index contributed by atoms with van der Waals surface area (Å²) in [4.78, 5) is 10.9. The molecule has 0 spiro atoms. The number of hydrogen-bond donors (Lipinski definition) is 2. The van der Waals surface area contributed by atoms with Gasteiger partial charge in [-0.15, -0.1) is 0 Å². The van der Waals surface area contributed by atoms with Crippen molar-refractivity contribution >= 4 is 5.91 Å². The average molecular weight is 180 g/mol. The number of carbonyl (C=O) groups excluding carboxylic acids is 1. The fourth-order valence-corrected chi connectivity index (χ4v) is 1.40. The third-order valence-electron chi connectivity index (χ3n) is 2.24. The van der Waals surface area contributed by atoms with Crippen LogP contribution in [0.1, 0.15) is 19.3 Å². The summed E-state index contributed by atoms with van der Waals surface area (Å²) >= 11 is 0. The highest BCUT2D eigenvalue weighted by molar-refractivity contribution is 5.77. The van der Waals surface area contributed by atoms with Gasteiger partial charge in [0.1, 0.15) is 0 Å². The summed E-state index contributed by atoms with van der Waals surface area (Å²) in [6.45, 7) is 0.334. The molecule has 72 valence electrons. The molecule has 0 heterocycles. The van der Waals surface area contributed by atoms with E-state index in [1.165, 1.54) is 5.57 Å². The zero-order chi connectivity index (χ0) is 9.68. The smallest absolute Gasteiger partial charge is 0.222 e. The lowest BCUT2D eigenvalue weighted by molar-refractivity contribution is -0.121. The summed E-state index contributed by atoms with van der Waals surface area (Å²) in [5.41, 5.74) is 11.8. The van der Waals surface area contributed by atoms with Crippen molar-refractivity contribution in [3.8, 4) is 0 Å². The molecule has 1 aliphatic rings. The van der Waals surface area contributed by atoms with E-state index < -0.39 is 0 Å². The molecule has 1 rings (SSSR count). The van der Waals surface area contributed by atoms with Gasteiger partial charge in [-0.3, -0.25) is 4.79 Å². The van der Waals surface area contributed by atoms with E-state index >= 15 is 0 Å². The molecule has 1 aliphatic carbocycles. The van der Waals surface area contributed by atoms with Gasteiger partial charge in [0.15, 0.2) is 0 Å². The van der Waals surface area contributed by atoms with Crippen LogP contribution in [-0.4, -0.2) is 12.5 Å². The lowest BCUT2D eigenvalue weighted by Crippen LogP contribution is -2.30. The van der Waals surface area contributed by atoms with E-state index in [-0.39, 0.29) is 11.8 Å². The molecule has 0 bridgehead atoms.